The molecule has 0 amide bonds. The number of carboxylic acid groups (broad SMARTS) is 1. The van der Waals surface area contributed by atoms with Crippen molar-refractivity contribution in [2.45, 2.75) is 51.5 Å². The van der Waals surface area contributed by atoms with E-state index in [9.17, 15) is 19.6 Å². The van der Waals surface area contributed by atoms with Crippen molar-refractivity contribution in [1.29, 1.82) is 5.26 Å². The minimum atomic E-state index is -1.21. The molecule has 1 heterocycles. The molecule has 138 valence electrons. The summed E-state index contributed by atoms with van der Waals surface area (Å²) in [6, 6.07) is 5.81. The Balaban J connectivity index is 2.26. The second kappa shape index (κ2) is 7.00. The second-order valence-electron chi connectivity index (χ2n) is 7.44. The first kappa shape index (κ1) is 18.8. The van der Waals surface area contributed by atoms with Crippen LogP contribution in [0, 0.1) is 34.4 Å². The van der Waals surface area contributed by atoms with E-state index in [-0.39, 0.29) is 5.02 Å². The number of aliphatic imine (C=N–C) groups is 1. The standard InChI is InChI=1S/C20H22ClFN2O2/c1-3-17-20(19(25)26,9-12-4-5-12)18(15(10-23)11(2)24-17)14-7-6-13(22)8-16(14)21/h6-8,12,15,17-18H,3-5,9H2,1-2H3,(H,25,26). The summed E-state index contributed by atoms with van der Waals surface area (Å²) in [5.74, 6) is -2.45. The molecule has 0 saturated heterocycles. The first-order valence-corrected chi connectivity index (χ1v) is 9.35. The molecule has 26 heavy (non-hydrogen) atoms. The van der Waals surface area contributed by atoms with Crippen molar-refractivity contribution in [1.82, 2.24) is 0 Å². The van der Waals surface area contributed by atoms with Crippen molar-refractivity contribution < 1.29 is 14.3 Å². The summed E-state index contributed by atoms with van der Waals surface area (Å²) in [7, 11) is 0. The Morgan fingerprint density at radius 1 is 1.50 bits per heavy atom. The zero-order valence-electron chi connectivity index (χ0n) is 14.9. The Morgan fingerprint density at radius 3 is 2.69 bits per heavy atom. The van der Waals surface area contributed by atoms with Crippen LogP contribution < -0.4 is 0 Å². The SMILES string of the molecule is CCC1N=C(C)C(C#N)C(c2ccc(F)cc2Cl)C1(CC1CC1)C(=O)O. The molecular weight excluding hydrogens is 355 g/mol. The van der Waals surface area contributed by atoms with E-state index in [0.717, 1.165) is 12.8 Å². The zero-order valence-corrected chi connectivity index (χ0v) is 15.6. The fourth-order valence-corrected chi connectivity index (χ4v) is 4.73. The van der Waals surface area contributed by atoms with E-state index >= 15 is 0 Å². The molecule has 0 spiro atoms. The number of hydrogen-bond donors (Lipinski definition) is 1. The van der Waals surface area contributed by atoms with Crippen LogP contribution >= 0.6 is 11.6 Å². The molecule has 1 fully saturated rings. The summed E-state index contributed by atoms with van der Waals surface area (Å²) in [5, 5.41) is 20.3. The molecular formula is C20H22ClFN2O2. The highest BCUT2D eigenvalue weighted by Gasteiger charge is 2.59. The predicted octanol–water partition coefficient (Wildman–Crippen LogP) is 4.83. The van der Waals surface area contributed by atoms with Gasteiger partial charge in [0.25, 0.3) is 0 Å². The van der Waals surface area contributed by atoms with Gasteiger partial charge in [0.2, 0.25) is 0 Å². The summed E-state index contributed by atoms with van der Waals surface area (Å²) >= 11 is 6.33. The number of benzene rings is 1. The zero-order chi connectivity index (χ0) is 19.1. The van der Waals surface area contributed by atoms with Crippen LogP contribution in [0.4, 0.5) is 4.39 Å². The van der Waals surface area contributed by atoms with Gasteiger partial charge in [0.15, 0.2) is 0 Å². The van der Waals surface area contributed by atoms with Gasteiger partial charge in [-0.15, -0.1) is 0 Å². The molecule has 2 aliphatic rings. The van der Waals surface area contributed by atoms with Gasteiger partial charge in [0.1, 0.15) is 5.82 Å². The van der Waals surface area contributed by atoms with Crippen LogP contribution in [0.25, 0.3) is 0 Å². The lowest BCUT2D eigenvalue weighted by Gasteiger charge is -2.47. The van der Waals surface area contributed by atoms with Gasteiger partial charge in [0.05, 0.1) is 23.4 Å². The maximum atomic E-state index is 13.6. The quantitative estimate of drug-likeness (QED) is 0.800. The number of halogens is 2. The molecule has 6 heteroatoms. The molecule has 4 atom stereocenters. The van der Waals surface area contributed by atoms with Crippen LogP contribution in [0.15, 0.2) is 23.2 Å². The Morgan fingerprint density at radius 2 is 2.19 bits per heavy atom. The van der Waals surface area contributed by atoms with Gasteiger partial charge in [-0.05, 0) is 43.4 Å². The number of carboxylic acids is 1. The molecule has 1 N–H and O–H groups in total. The highest BCUT2D eigenvalue weighted by molar-refractivity contribution is 6.31. The van der Waals surface area contributed by atoms with Crippen LogP contribution in [0.3, 0.4) is 0 Å². The van der Waals surface area contributed by atoms with Crippen LogP contribution in [-0.2, 0) is 4.79 Å². The Bertz CT molecular complexity index is 799. The second-order valence-corrected chi connectivity index (χ2v) is 7.85. The molecule has 1 aromatic rings. The number of aliphatic carboxylic acids is 1. The van der Waals surface area contributed by atoms with Crippen molar-refractivity contribution in [2.24, 2.45) is 22.2 Å². The van der Waals surface area contributed by atoms with E-state index in [2.05, 4.69) is 11.1 Å². The van der Waals surface area contributed by atoms with Crippen molar-refractivity contribution in [3.05, 3.63) is 34.6 Å². The third-order valence-electron chi connectivity index (χ3n) is 5.84. The molecule has 4 unspecified atom stereocenters. The van der Waals surface area contributed by atoms with Gasteiger partial charge in [0, 0.05) is 16.7 Å². The number of carbonyl (C=O) groups is 1. The van der Waals surface area contributed by atoms with Gasteiger partial charge >= 0.3 is 5.97 Å². The Labute approximate surface area is 157 Å². The summed E-state index contributed by atoms with van der Waals surface area (Å²) in [4.78, 5) is 17.3. The van der Waals surface area contributed by atoms with E-state index in [1.807, 2.05) is 6.92 Å². The topological polar surface area (TPSA) is 73.5 Å². The summed E-state index contributed by atoms with van der Waals surface area (Å²) in [6.45, 7) is 3.69. The summed E-state index contributed by atoms with van der Waals surface area (Å²) in [6.07, 6.45) is 3.02. The first-order valence-electron chi connectivity index (χ1n) is 8.97. The van der Waals surface area contributed by atoms with Crippen molar-refractivity contribution in [3.63, 3.8) is 0 Å². The molecule has 1 aliphatic heterocycles. The van der Waals surface area contributed by atoms with Gasteiger partial charge in [-0.2, -0.15) is 5.26 Å². The summed E-state index contributed by atoms with van der Waals surface area (Å²) in [5.41, 5.74) is -0.0649. The lowest BCUT2D eigenvalue weighted by Crippen LogP contribution is -2.53. The van der Waals surface area contributed by atoms with E-state index in [1.165, 1.54) is 18.2 Å². The molecule has 0 radical (unpaired) electrons. The smallest absolute Gasteiger partial charge is 0.312 e. The predicted molar refractivity (Wildman–Crippen MR) is 97.9 cm³/mol. The molecule has 1 aliphatic carbocycles. The minimum Gasteiger partial charge on any atom is -0.481 e. The molecule has 1 saturated carbocycles. The van der Waals surface area contributed by atoms with Crippen LogP contribution in [0.2, 0.25) is 5.02 Å². The maximum absolute atomic E-state index is 13.6. The molecule has 4 nitrogen and oxygen atoms in total. The number of nitrogens with zero attached hydrogens (tertiary/aromatic N) is 2. The Kier molecular flexibility index (Phi) is 5.07. The van der Waals surface area contributed by atoms with Crippen molar-refractivity contribution in [2.75, 3.05) is 0 Å². The lowest BCUT2D eigenvalue weighted by molar-refractivity contribution is -0.154. The number of rotatable bonds is 5. The molecule has 1 aromatic carbocycles. The van der Waals surface area contributed by atoms with Crippen LogP contribution in [0.1, 0.15) is 51.0 Å². The van der Waals surface area contributed by atoms with E-state index in [4.69, 9.17) is 11.6 Å². The largest absolute Gasteiger partial charge is 0.481 e. The van der Waals surface area contributed by atoms with Gasteiger partial charge < -0.3 is 5.11 Å². The third-order valence-corrected chi connectivity index (χ3v) is 6.16. The van der Waals surface area contributed by atoms with Crippen molar-refractivity contribution >= 4 is 23.3 Å². The van der Waals surface area contributed by atoms with Crippen LogP contribution in [0.5, 0.6) is 0 Å². The number of nitriles is 1. The summed E-state index contributed by atoms with van der Waals surface area (Å²) < 4.78 is 13.6. The van der Waals surface area contributed by atoms with E-state index in [1.54, 1.807) is 6.92 Å². The fourth-order valence-electron chi connectivity index (χ4n) is 4.45. The van der Waals surface area contributed by atoms with Gasteiger partial charge in [-0.1, -0.05) is 37.4 Å². The number of hydrogen-bond acceptors (Lipinski definition) is 3. The minimum absolute atomic E-state index is 0.168. The van der Waals surface area contributed by atoms with E-state index in [0.29, 0.717) is 30.0 Å². The van der Waals surface area contributed by atoms with Gasteiger partial charge in [-0.25, -0.2) is 4.39 Å². The third kappa shape index (κ3) is 3.01. The molecule has 3 rings (SSSR count). The maximum Gasteiger partial charge on any atom is 0.312 e. The Hall–Kier alpha value is -1.93. The monoisotopic (exact) mass is 376 g/mol. The van der Waals surface area contributed by atoms with Crippen LogP contribution in [-0.4, -0.2) is 22.8 Å². The highest BCUT2D eigenvalue weighted by atomic mass is 35.5. The average Bonchev–Trinajstić information content (AvgIpc) is 3.39. The van der Waals surface area contributed by atoms with Gasteiger partial charge in [-0.3, -0.25) is 9.79 Å². The molecule has 0 aromatic heterocycles. The molecule has 0 bridgehead atoms. The average molecular weight is 377 g/mol. The highest BCUT2D eigenvalue weighted by Crippen LogP contribution is 2.57. The van der Waals surface area contributed by atoms with E-state index < -0.39 is 35.1 Å². The fraction of sp³-hybridized carbons (Fsp3) is 0.550. The first-order chi connectivity index (χ1) is 12.3. The normalized spacial score (nSPS) is 31.2. The van der Waals surface area contributed by atoms with Crippen molar-refractivity contribution in [3.8, 4) is 6.07 Å². The lowest BCUT2D eigenvalue weighted by atomic mass is 9.57.